The molecule has 1 rings (SSSR count). The maximum absolute atomic E-state index is 11.1. The number of aliphatic carboxylic acids is 1. The van der Waals surface area contributed by atoms with Crippen LogP contribution in [-0.2, 0) is 4.79 Å². The topological polar surface area (TPSA) is 86.0 Å². The number of carboxylic acid groups (broad SMARTS) is 1. The Bertz CT molecular complexity index is 435. The van der Waals surface area contributed by atoms with Gasteiger partial charge in [-0.1, -0.05) is 13.8 Å². The smallest absolute Gasteiger partial charge is 0.308 e. The van der Waals surface area contributed by atoms with Crippen LogP contribution < -0.4 is 5.32 Å². The summed E-state index contributed by atoms with van der Waals surface area (Å²) in [4.78, 5) is 15.0. The van der Waals surface area contributed by atoms with Crippen LogP contribution in [0.1, 0.15) is 26.0 Å². The predicted octanol–water partition coefficient (Wildman–Crippen LogP) is 2.11. The average Bonchev–Trinajstić information content (AvgIpc) is 2.34. The summed E-state index contributed by atoms with van der Waals surface area (Å²) in [5.74, 6) is -0.870. The zero-order valence-electron chi connectivity index (χ0n) is 10.6. The lowest BCUT2D eigenvalue weighted by molar-refractivity contribution is -0.141. The fraction of sp³-hybridized carbons (Fsp3) is 0.462. The second-order valence-electron chi connectivity index (χ2n) is 4.59. The van der Waals surface area contributed by atoms with Gasteiger partial charge in [-0.15, -0.1) is 0 Å². The zero-order chi connectivity index (χ0) is 13.5. The molecule has 0 spiro atoms. The van der Waals surface area contributed by atoms with Crippen molar-refractivity contribution in [2.75, 3.05) is 11.9 Å². The number of nitrogens with zero attached hydrogens (tertiary/aromatic N) is 2. The molecule has 0 aromatic carbocycles. The van der Waals surface area contributed by atoms with E-state index in [1.165, 1.54) is 6.20 Å². The van der Waals surface area contributed by atoms with E-state index in [4.69, 9.17) is 10.4 Å². The molecule has 2 N–H and O–H groups in total. The normalized spacial score (nSPS) is 11.9. The Morgan fingerprint density at radius 1 is 1.56 bits per heavy atom. The van der Waals surface area contributed by atoms with Crippen LogP contribution in [0.15, 0.2) is 18.3 Å². The van der Waals surface area contributed by atoms with Crippen molar-refractivity contribution in [1.82, 2.24) is 4.98 Å². The number of rotatable bonds is 6. The van der Waals surface area contributed by atoms with Gasteiger partial charge in [-0.3, -0.25) is 4.79 Å². The molecule has 0 saturated carbocycles. The summed E-state index contributed by atoms with van der Waals surface area (Å²) in [6, 6.07) is 5.25. The van der Waals surface area contributed by atoms with Gasteiger partial charge in [0.05, 0.1) is 17.8 Å². The monoisotopic (exact) mass is 247 g/mol. The van der Waals surface area contributed by atoms with Crippen molar-refractivity contribution < 1.29 is 9.90 Å². The van der Waals surface area contributed by atoms with E-state index < -0.39 is 11.9 Å². The van der Waals surface area contributed by atoms with Gasteiger partial charge >= 0.3 is 5.97 Å². The van der Waals surface area contributed by atoms with Crippen molar-refractivity contribution in [3.63, 3.8) is 0 Å². The molecule has 18 heavy (non-hydrogen) atoms. The molecule has 1 unspecified atom stereocenters. The maximum atomic E-state index is 11.1. The summed E-state index contributed by atoms with van der Waals surface area (Å²) >= 11 is 0. The van der Waals surface area contributed by atoms with E-state index >= 15 is 0 Å². The van der Waals surface area contributed by atoms with Crippen LogP contribution in [0.3, 0.4) is 0 Å². The van der Waals surface area contributed by atoms with Gasteiger partial charge in [0.2, 0.25) is 0 Å². The Hall–Kier alpha value is -2.09. The lowest BCUT2D eigenvalue weighted by Gasteiger charge is -2.15. The first-order valence-electron chi connectivity index (χ1n) is 5.85. The van der Waals surface area contributed by atoms with Crippen LogP contribution in [-0.4, -0.2) is 22.6 Å². The number of pyridine rings is 1. The second-order valence-corrected chi connectivity index (χ2v) is 4.59. The van der Waals surface area contributed by atoms with E-state index in [-0.39, 0.29) is 0 Å². The SMILES string of the molecule is CC(C)CC(CNc1ccc(C#N)nc1)C(=O)O. The summed E-state index contributed by atoms with van der Waals surface area (Å²) in [6.45, 7) is 4.36. The third-order valence-corrected chi connectivity index (χ3v) is 2.54. The molecule has 96 valence electrons. The van der Waals surface area contributed by atoms with Crippen LogP contribution in [0.2, 0.25) is 0 Å². The molecule has 5 heteroatoms. The van der Waals surface area contributed by atoms with Crippen LogP contribution in [0.4, 0.5) is 5.69 Å². The number of hydrogen-bond donors (Lipinski definition) is 2. The molecular formula is C13H17N3O2. The molecule has 0 aliphatic heterocycles. The fourth-order valence-corrected chi connectivity index (χ4v) is 1.65. The summed E-state index contributed by atoms with van der Waals surface area (Å²) in [7, 11) is 0. The minimum atomic E-state index is -0.794. The molecule has 0 amide bonds. The third kappa shape index (κ3) is 4.42. The molecule has 0 saturated heterocycles. The first-order valence-corrected chi connectivity index (χ1v) is 5.85. The number of carboxylic acids is 1. The number of aromatic nitrogens is 1. The van der Waals surface area contributed by atoms with Crippen LogP contribution in [0.25, 0.3) is 0 Å². The minimum Gasteiger partial charge on any atom is -0.481 e. The van der Waals surface area contributed by atoms with Crippen molar-refractivity contribution >= 4 is 11.7 Å². The highest BCUT2D eigenvalue weighted by atomic mass is 16.4. The van der Waals surface area contributed by atoms with Gasteiger partial charge in [-0.05, 0) is 24.5 Å². The second kappa shape index (κ2) is 6.60. The molecule has 0 bridgehead atoms. The van der Waals surface area contributed by atoms with Gasteiger partial charge < -0.3 is 10.4 Å². The lowest BCUT2D eigenvalue weighted by atomic mass is 9.97. The molecule has 0 aliphatic carbocycles. The highest BCUT2D eigenvalue weighted by Crippen LogP contribution is 2.14. The first kappa shape index (κ1) is 14.0. The Kier molecular flexibility index (Phi) is 5.12. The van der Waals surface area contributed by atoms with Crippen molar-refractivity contribution in [3.05, 3.63) is 24.0 Å². The summed E-state index contributed by atoms with van der Waals surface area (Å²) in [5.41, 5.74) is 1.07. The predicted molar refractivity (Wildman–Crippen MR) is 68.0 cm³/mol. The molecular weight excluding hydrogens is 230 g/mol. The van der Waals surface area contributed by atoms with Crippen LogP contribution >= 0.6 is 0 Å². The van der Waals surface area contributed by atoms with Gasteiger partial charge in [-0.2, -0.15) is 5.26 Å². The number of hydrogen-bond acceptors (Lipinski definition) is 4. The third-order valence-electron chi connectivity index (χ3n) is 2.54. The average molecular weight is 247 g/mol. The quantitative estimate of drug-likeness (QED) is 0.804. The number of nitriles is 1. The zero-order valence-corrected chi connectivity index (χ0v) is 10.6. The van der Waals surface area contributed by atoms with Crippen LogP contribution in [0.5, 0.6) is 0 Å². The van der Waals surface area contributed by atoms with Crippen molar-refractivity contribution in [2.45, 2.75) is 20.3 Å². The first-order chi connectivity index (χ1) is 8.52. The van der Waals surface area contributed by atoms with E-state index in [1.54, 1.807) is 12.1 Å². The molecule has 1 aromatic rings. The highest BCUT2D eigenvalue weighted by molar-refractivity contribution is 5.70. The number of carbonyl (C=O) groups is 1. The summed E-state index contributed by atoms with van der Waals surface area (Å²) in [6.07, 6.45) is 2.17. The van der Waals surface area contributed by atoms with Gasteiger partial charge in [-0.25, -0.2) is 4.98 Å². The number of nitrogens with one attached hydrogen (secondary N) is 1. The van der Waals surface area contributed by atoms with Gasteiger partial charge in [0.1, 0.15) is 11.8 Å². The van der Waals surface area contributed by atoms with E-state index in [0.717, 1.165) is 5.69 Å². The van der Waals surface area contributed by atoms with Crippen molar-refractivity contribution in [1.29, 1.82) is 5.26 Å². The van der Waals surface area contributed by atoms with Gasteiger partial charge in [0, 0.05) is 6.54 Å². The van der Waals surface area contributed by atoms with E-state index in [2.05, 4.69) is 10.3 Å². The minimum absolute atomic E-state index is 0.340. The van der Waals surface area contributed by atoms with Gasteiger partial charge in [0.15, 0.2) is 0 Å². The van der Waals surface area contributed by atoms with Crippen molar-refractivity contribution in [2.24, 2.45) is 11.8 Å². The Balaban J connectivity index is 2.56. The standard InChI is InChI=1S/C13H17N3O2/c1-9(2)5-10(13(17)18)7-15-12-4-3-11(6-14)16-8-12/h3-4,8-10,15H,5,7H2,1-2H3,(H,17,18). The van der Waals surface area contributed by atoms with Crippen molar-refractivity contribution in [3.8, 4) is 6.07 Å². The largest absolute Gasteiger partial charge is 0.481 e. The molecule has 0 fully saturated rings. The van der Waals surface area contributed by atoms with E-state index in [1.807, 2.05) is 19.9 Å². The molecule has 1 aromatic heterocycles. The lowest BCUT2D eigenvalue weighted by Crippen LogP contribution is -2.24. The molecule has 1 heterocycles. The van der Waals surface area contributed by atoms with E-state index in [9.17, 15) is 4.79 Å². The van der Waals surface area contributed by atoms with Crippen LogP contribution in [0, 0.1) is 23.2 Å². The number of anilines is 1. The van der Waals surface area contributed by atoms with E-state index in [0.29, 0.717) is 24.6 Å². The summed E-state index contributed by atoms with van der Waals surface area (Å²) in [5, 5.41) is 20.7. The maximum Gasteiger partial charge on any atom is 0.308 e. The molecule has 0 radical (unpaired) electrons. The molecule has 1 atom stereocenters. The Labute approximate surface area is 106 Å². The Morgan fingerprint density at radius 3 is 2.72 bits per heavy atom. The highest BCUT2D eigenvalue weighted by Gasteiger charge is 2.18. The summed E-state index contributed by atoms with van der Waals surface area (Å²) < 4.78 is 0. The molecule has 5 nitrogen and oxygen atoms in total. The van der Waals surface area contributed by atoms with Gasteiger partial charge in [0.25, 0.3) is 0 Å². The fourth-order valence-electron chi connectivity index (χ4n) is 1.65. The Morgan fingerprint density at radius 2 is 2.28 bits per heavy atom. The molecule has 0 aliphatic rings.